The summed E-state index contributed by atoms with van der Waals surface area (Å²) in [6, 6.07) is 5.99. The second kappa shape index (κ2) is 7.08. The molecule has 24 heavy (non-hydrogen) atoms. The van der Waals surface area contributed by atoms with E-state index in [1.54, 1.807) is 0 Å². The SMILES string of the molecule is CONC(=O)C(=O)NCc1ccc(-c2noc(C(F)(F)F)n2)cc1. The van der Waals surface area contributed by atoms with E-state index in [1.807, 2.05) is 5.48 Å². The highest BCUT2D eigenvalue weighted by Gasteiger charge is 2.38. The highest BCUT2D eigenvalue weighted by atomic mass is 19.4. The minimum absolute atomic E-state index is 0.0380. The Labute approximate surface area is 132 Å². The molecule has 0 atom stereocenters. The first kappa shape index (κ1) is 17.4. The van der Waals surface area contributed by atoms with E-state index in [1.165, 1.54) is 31.4 Å². The first-order chi connectivity index (χ1) is 11.3. The van der Waals surface area contributed by atoms with Crippen LogP contribution in [0.25, 0.3) is 11.4 Å². The quantitative estimate of drug-likeness (QED) is 0.634. The van der Waals surface area contributed by atoms with Gasteiger partial charge in [0.15, 0.2) is 0 Å². The number of nitrogens with zero attached hydrogens (tertiary/aromatic N) is 2. The molecule has 0 unspecified atom stereocenters. The summed E-state index contributed by atoms with van der Waals surface area (Å²) in [7, 11) is 1.19. The average molecular weight is 344 g/mol. The second-order valence-corrected chi connectivity index (χ2v) is 4.44. The van der Waals surface area contributed by atoms with Gasteiger partial charge in [0, 0.05) is 12.1 Å². The molecule has 2 amide bonds. The third-order valence-corrected chi connectivity index (χ3v) is 2.73. The number of aromatic nitrogens is 2. The molecule has 0 aliphatic rings. The predicted octanol–water partition coefficient (Wildman–Crippen LogP) is 1.05. The van der Waals surface area contributed by atoms with E-state index >= 15 is 0 Å². The monoisotopic (exact) mass is 344 g/mol. The van der Waals surface area contributed by atoms with Gasteiger partial charge in [-0.1, -0.05) is 29.4 Å². The molecule has 0 spiro atoms. The zero-order valence-corrected chi connectivity index (χ0v) is 12.2. The molecule has 1 aromatic heterocycles. The van der Waals surface area contributed by atoms with Crippen LogP contribution in [0.2, 0.25) is 0 Å². The van der Waals surface area contributed by atoms with Crippen molar-refractivity contribution in [1.82, 2.24) is 20.9 Å². The Kier molecular flexibility index (Phi) is 5.14. The van der Waals surface area contributed by atoms with E-state index in [9.17, 15) is 22.8 Å². The number of halogens is 3. The fourth-order valence-corrected chi connectivity index (χ4v) is 1.63. The van der Waals surface area contributed by atoms with Gasteiger partial charge in [-0.15, -0.1) is 0 Å². The van der Waals surface area contributed by atoms with Gasteiger partial charge in [-0.2, -0.15) is 18.2 Å². The van der Waals surface area contributed by atoms with Gasteiger partial charge in [0.05, 0.1) is 7.11 Å². The molecule has 0 saturated heterocycles. The van der Waals surface area contributed by atoms with Crippen LogP contribution in [0.5, 0.6) is 0 Å². The van der Waals surface area contributed by atoms with Gasteiger partial charge < -0.3 is 9.84 Å². The number of carbonyl (C=O) groups excluding carboxylic acids is 2. The van der Waals surface area contributed by atoms with Crippen molar-refractivity contribution < 1.29 is 32.1 Å². The molecule has 11 heteroatoms. The predicted molar refractivity (Wildman–Crippen MR) is 71.7 cm³/mol. The van der Waals surface area contributed by atoms with Gasteiger partial charge in [0.1, 0.15) is 0 Å². The van der Waals surface area contributed by atoms with Crippen molar-refractivity contribution in [3.05, 3.63) is 35.7 Å². The largest absolute Gasteiger partial charge is 0.471 e. The Hall–Kier alpha value is -2.95. The number of carbonyl (C=O) groups is 2. The van der Waals surface area contributed by atoms with Crippen LogP contribution in [0.3, 0.4) is 0 Å². The van der Waals surface area contributed by atoms with Crippen LogP contribution < -0.4 is 10.8 Å². The molecule has 0 aliphatic heterocycles. The lowest BCUT2D eigenvalue weighted by Gasteiger charge is -2.05. The molecule has 128 valence electrons. The van der Waals surface area contributed by atoms with Crippen LogP contribution in [-0.4, -0.2) is 29.1 Å². The summed E-state index contributed by atoms with van der Waals surface area (Å²) in [6.45, 7) is 0.0380. The number of amides is 2. The van der Waals surface area contributed by atoms with Gasteiger partial charge in [-0.25, -0.2) is 5.48 Å². The number of hydrogen-bond donors (Lipinski definition) is 2. The van der Waals surface area contributed by atoms with Gasteiger partial charge in [0.25, 0.3) is 0 Å². The summed E-state index contributed by atoms with van der Waals surface area (Å²) in [5.41, 5.74) is 2.77. The van der Waals surface area contributed by atoms with E-state index in [4.69, 9.17) is 0 Å². The van der Waals surface area contributed by atoms with Gasteiger partial charge in [-0.3, -0.25) is 14.4 Å². The fourth-order valence-electron chi connectivity index (χ4n) is 1.63. The molecule has 8 nitrogen and oxygen atoms in total. The van der Waals surface area contributed by atoms with Crippen molar-refractivity contribution in [1.29, 1.82) is 0 Å². The second-order valence-electron chi connectivity index (χ2n) is 4.44. The van der Waals surface area contributed by atoms with Crippen LogP contribution in [-0.2, 0) is 27.1 Å². The maximum Gasteiger partial charge on any atom is 0.471 e. The summed E-state index contributed by atoms with van der Waals surface area (Å²) in [6.07, 6.45) is -4.71. The first-order valence-electron chi connectivity index (χ1n) is 6.42. The number of benzene rings is 1. The molecule has 1 heterocycles. The van der Waals surface area contributed by atoms with Crippen LogP contribution in [0.1, 0.15) is 11.5 Å². The van der Waals surface area contributed by atoms with Gasteiger partial charge in [0.2, 0.25) is 5.82 Å². The summed E-state index contributed by atoms with van der Waals surface area (Å²) in [5, 5.41) is 5.60. The van der Waals surface area contributed by atoms with Crippen LogP contribution >= 0.6 is 0 Å². The smallest absolute Gasteiger partial charge is 0.344 e. The first-order valence-corrected chi connectivity index (χ1v) is 6.42. The number of hydroxylamine groups is 1. The van der Waals surface area contributed by atoms with E-state index in [0.717, 1.165) is 0 Å². The third kappa shape index (κ3) is 4.29. The maximum atomic E-state index is 12.4. The molecule has 1 aromatic carbocycles. The van der Waals surface area contributed by atoms with Crippen molar-refractivity contribution in [3.63, 3.8) is 0 Å². The highest BCUT2D eigenvalue weighted by Crippen LogP contribution is 2.29. The van der Waals surface area contributed by atoms with E-state index in [-0.39, 0.29) is 12.4 Å². The molecule has 2 aromatic rings. The number of hydrogen-bond acceptors (Lipinski definition) is 6. The van der Waals surface area contributed by atoms with E-state index in [0.29, 0.717) is 11.1 Å². The Morgan fingerprint density at radius 1 is 1.21 bits per heavy atom. The van der Waals surface area contributed by atoms with E-state index in [2.05, 4.69) is 24.8 Å². The molecule has 0 saturated carbocycles. The Balaban J connectivity index is 1.99. The lowest BCUT2D eigenvalue weighted by molar-refractivity contribution is -0.159. The van der Waals surface area contributed by atoms with Gasteiger partial charge >= 0.3 is 23.9 Å². The zero-order valence-electron chi connectivity index (χ0n) is 12.2. The summed E-state index contributed by atoms with van der Waals surface area (Å²) >= 11 is 0. The normalized spacial score (nSPS) is 11.2. The number of rotatable bonds is 4. The molecule has 2 rings (SSSR count). The van der Waals surface area contributed by atoms with Crippen LogP contribution in [0.15, 0.2) is 28.8 Å². The molecule has 0 fully saturated rings. The minimum Gasteiger partial charge on any atom is -0.344 e. The van der Waals surface area contributed by atoms with Crippen LogP contribution in [0.4, 0.5) is 13.2 Å². The van der Waals surface area contributed by atoms with E-state index < -0.39 is 23.9 Å². The molecule has 0 aliphatic carbocycles. The Morgan fingerprint density at radius 3 is 2.42 bits per heavy atom. The lowest BCUT2D eigenvalue weighted by Crippen LogP contribution is -2.38. The lowest BCUT2D eigenvalue weighted by atomic mass is 10.1. The number of nitrogens with one attached hydrogen (secondary N) is 2. The molecular weight excluding hydrogens is 333 g/mol. The maximum absolute atomic E-state index is 12.4. The molecular formula is C13H11F3N4O4. The molecule has 2 N–H and O–H groups in total. The number of alkyl halides is 3. The molecule has 0 radical (unpaired) electrons. The van der Waals surface area contributed by atoms with Gasteiger partial charge in [-0.05, 0) is 5.56 Å². The van der Waals surface area contributed by atoms with Crippen molar-refractivity contribution in [3.8, 4) is 11.4 Å². The summed E-state index contributed by atoms with van der Waals surface area (Å²) < 4.78 is 41.3. The Morgan fingerprint density at radius 2 is 1.88 bits per heavy atom. The fraction of sp³-hybridized carbons (Fsp3) is 0.231. The summed E-state index contributed by atoms with van der Waals surface area (Å²) in [4.78, 5) is 30.0. The average Bonchev–Trinajstić information content (AvgIpc) is 3.03. The topological polar surface area (TPSA) is 106 Å². The molecule has 0 bridgehead atoms. The van der Waals surface area contributed by atoms with Crippen molar-refractivity contribution in [2.24, 2.45) is 0 Å². The zero-order chi connectivity index (χ0) is 17.7. The van der Waals surface area contributed by atoms with Crippen molar-refractivity contribution in [2.75, 3.05) is 7.11 Å². The standard InChI is InChI=1S/C13H11F3N4O4/c1-23-20-11(22)10(21)17-6-7-2-4-8(5-3-7)9-18-12(24-19-9)13(14,15)16/h2-5H,6H2,1H3,(H,17,21)(H,20,22). The van der Waals surface area contributed by atoms with Crippen LogP contribution in [0, 0.1) is 0 Å². The highest BCUT2D eigenvalue weighted by molar-refractivity contribution is 6.34. The van der Waals surface area contributed by atoms with Crippen molar-refractivity contribution >= 4 is 11.8 Å². The third-order valence-electron chi connectivity index (χ3n) is 2.73. The minimum atomic E-state index is -4.71. The Bertz CT molecular complexity index is 728. The van der Waals surface area contributed by atoms with Crippen molar-refractivity contribution in [2.45, 2.75) is 12.7 Å². The summed E-state index contributed by atoms with van der Waals surface area (Å²) in [5.74, 6) is -3.50.